The summed E-state index contributed by atoms with van der Waals surface area (Å²) in [6.45, 7) is 8.64. The average molecular weight is 714 g/mol. The van der Waals surface area contributed by atoms with Gasteiger partial charge in [0.25, 0.3) is 0 Å². The lowest BCUT2D eigenvalue weighted by Crippen LogP contribution is -2.54. The van der Waals surface area contributed by atoms with Gasteiger partial charge in [0.2, 0.25) is 17.7 Å². The molecule has 1 heterocycles. The largest absolute Gasteiger partial charge is 0.495 e. The minimum absolute atomic E-state index is 0.0387. The fourth-order valence-electron chi connectivity index (χ4n) is 5.25. The standard InChI is InChI=1S/C37H48ClN3O9/c1-6-18-49-19-17-27-35(46)50-29(23(2)32(43)33(44)25-11-8-7-9-12-25)13-10-14-31(42)40-28(21-24-15-16-30(48-5)26(38)20-24)34(45)39-22-37(3,4)36(47)41-27/h6-12,14-16,20,23,27-29,32-33,43-44H,1,13,17-19,21-22H2,2-5H3,(H,39,45)(H,40,42)(H,41,47)/b14-10+/t23-,27-,28+,29-,32+,33+/m0/s1. The highest BCUT2D eigenvalue weighted by Crippen LogP contribution is 2.28. The highest BCUT2D eigenvalue weighted by Gasteiger charge is 2.37. The van der Waals surface area contributed by atoms with Crippen LogP contribution in [0.2, 0.25) is 5.02 Å². The molecule has 5 N–H and O–H groups in total. The first-order valence-electron chi connectivity index (χ1n) is 16.5. The lowest BCUT2D eigenvalue weighted by atomic mass is 9.89. The van der Waals surface area contributed by atoms with Gasteiger partial charge in [-0.05, 0) is 43.2 Å². The molecular weight excluding hydrogens is 666 g/mol. The van der Waals surface area contributed by atoms with Crippen LogP contribution in [0.4, 0.5) is 0 Å². The summed E-state index contributed by atoms with van der Waals surface area (Å²) in [7, 11) is 1.48. The molecule has 1 aliphatic heterocycles. The van der Waals surface area contributed by atoms with E-state index >= 15 is 0 Å². The summed E-state index contributed by atoms with van der Waals surface area (Å²) >= 11 is 6.31. The first kappa shape index (κ1) is 40.2. The van der Waals surface area contributed by atoms with Gasteiger partial charge >= 0.3 is 5.97 Å². The van der Waals surface area contributed by atoms with Gasteiger partial charge in [-0.25, -0.2) is 4.79 Å². The maximum Gasteiger partial charge on any atom is 0.329 e. The molecule has 0 saturated carbocycles. The van der Waals surface area contributed by atoms with Crippen LogP contribution in [0.15, 0.2) is 73.3 Å². The van der Waals surface area contributed by atoms with E-state index < -0.39 is 65.4 Å². The van der Waals surface area contributed by atoms with Crippen molar-refractivity contribution in [2.24, 2.45) is 11.3 Å². The van der Waals surface area contributed by atoms with E-state index in [1.807, 2.05) is 0 Å². The highest BCUT2D eigenvalue weighted by molar-refractivity contribution is 6.32. The van der Waals surface area contributed by atoms with E-state index in [0.29, 0.717) is 21.9 Å². The molecule has 0 saturated heterocycles. The zero-order chi connectivity index (χ0) is 36.8. The molecular formula is C37H48ClN3O9. The molecule has 6 atom stereocenters. The molecule has 3 amide bonds. The summed E-state index contributed by atoms with van der Waals surface area (Å²) < 4.78 is 16.6. The van der Waals surface area contributed by atoms with E-state index in [9.17, 15) is 29.4 Å². The molecule has 12 nitrogen and oxygen atoms in total. The normalized spacial score (nSPS) is 22.9. The van der Waals surface area contributed by atoms with Crippen LogP contribution < -0.4 is 20.7 Å². The Kier molecular flexibility index (Phi) is 15.5. The van der Waals surface area contributed by atoms with Crippen molar-refractivity contribution in [3.05, 3.63) is 89.5 Å². The number of rotatable bonds is 12. The van der Waals surface area contributed by atoms with Crippen molar-refractivity contribution < 1.29 is 43.6 Å². The first-order valence-corrected chi connectivity index (χ1v) is 16.8. The monoisotopic (exact) mass is 713 g/mol. The third kappa shape index (κ3) is 11.7. The zero-order valence-corrected chi connectivity index (χ0v) is 29.7. The molecule has 0 spiro atoms. The molecule has 1 aliphatic rings. The number of nitrogens with one attached hydrogen (secondary N) is 3. The smallest absolute Gasteiger partial charge is 0.329 e. The van der Waals surface area contributed by atoms with Gasteiger partial charge in [-0.1, -0.05) is 67.1 Å². The van der Waals surface area contributed by atoms with Crippen LogP contribution in [-0.4, -0.2) is 85.1 Å². The van der Waals surface area contributed by atoms with Gasteiger partial charge in [0.05, 0.1) is 30.3 Å². The van der Waals surface area contributed by atoms with E-state index in [2.05, 4.69) is 22.5 Å². The van der Waals surface area contributed by atoms with Gasteiger partial charge in [0.15, 0.2) is 0 Å². The van der Waals surface area contributed by atoms with Gasteiger partial charge in [0.1, 0.15) is 30.0 Å². The summed E-state index contributed by atoms with van der Waals surface area (Å²) in [4.78, 5) is 53.9. The number of aliphatic hydroxyl groups excluding tert-OH is 2. The third-order valence-corrected chi connectivity index (χ3v) is 8.77. The summed E-state index contributed by atoms with van der Waals surface area (Å²) in [5.74, 6) is -2.85. The molecule has 0 bridgehead atoms. The van der Waals surface area contributed by atoms with Crippen LogP contribution in [-0.2, 0) is 35.1 Å². The second kappa shape index (κ2) is 19.2. The Balaban J connectivity index is 1.95. The van der Waals surface area contributed by atoms with Gasteiger partial charge < -0.3 is 40.4 Å². The van der Waals surface area contributed by atoms with Crippen LogP contribution in [0, 0.1) is 11.3 Å². The summed E-state index contributed by atoms with van der Waals surface area (Å²) in [5, 5.41) is 30.7. The number of cyclic esters (lactones) is 1. The lowest BCUT2D eigenvalue weighted by molar-refractivity contribution is -0.160. The Morgan fingerprint density at radius 2 is 1.80 bits per heavy atom. The zero-order valence-electron chi connectivity index (χ0n) is 28.9. The van der Waals surface area contributed by atoms with Crippen LogP contribution >= 0.6 is 11.6 Å². The Morgan fingerprint density at radius 3 is 2.46 bits per heavy atom. The van der Waals surface area contributed by atoms with Crippen molar-refractivity contribution in [2.45, 2.75) is 70.4 Å². The van der Waals surface area contributed by atoms with E-state index in [4.69, 9.17) is 25.8 Å². The number of hydrogen-bond acceptors (Lipinski definition) is 9. The first-order chi connectivity index (χ1) is 23.8. The molecule has 0 unspecified atom stereocenters. The van der Waals surface area contributed by atoms with Crippen molar-refractivity contribution in [3.63, 3.8) is 0 Å². The number of benzene rings is 2. The van der Waals surface area contributed by atoms with Crippen molar-refractivity contribution in [1.82, 2.24) is 16.0 Å². The fourth-order valence-corrected chi connectivity index (χ4v) is 5.53. The van der Waals surface area contributed by atoms with Gasteiger partial charge in [0, 0.05) is 38.3 Å². The van der Waals surface area contributed by atoms with Crippen LogP contribution in [0.3, 0.4) is 0 Å². The minimum atomic E-state index is -1.37. The van der Waals surface area contributed by atoms with Crippen molar-refractivity contribution >= 4 is 35.3 Å². The molecule has 50 heavy (non-hydrogen) atoms. The number of amides is 3. The van der Waals surface area contributed by atoms with Crippen molar-refractivity contribution in [3.8, 4) is 5.75 Å². The van der Waals surface area contributed by atoms with E-state index in [-0.39, 0.29) is 39.0 Å². The average Bonchev–Trinajstić information content (AvgIpc) is 3.10. The van der Waals surface area contributed by atoms with E-state index in [1.165, 1.54) is 19.3 Å². The number of esters is 1. The van der Waals surface area contributed by atoms with E-state index in [0.717, 1.165) is 0 Å². The summed E-state index contributed by atoms with van der Waals surface area (Å²) in [6, 6.07) is 11.4. The number of carbonyl (C=O) groups excluding carboxylic acids is 4. The number of hydrogen-bond donors (Lipinski definition) is 5. The van der Waals surface area contributed by atoms with E-state index in [1.54, 1.807) is 75.4 Å². The topological polar surface area (TPSA) is 173 Å². The minimum Gasteiger partial charge on any atom is -0.495 e. The summed E-state index contributed by atoms with van der Waals surface area (Å²) in [6.07, 6.45) is 0.628. The quantitative estimate of drug-likeness (QED) is 0.126. The molecule has 3 rings (SSSR count). The number of methoxy groups -OCH3 is 1. The Hall–Kier alpha value is -4.23. The van der Waals surface area contributed by atoms with Crippen LogP contribution in [0.5, 0.6) is 5.75 Å². The highest BCUT2D eigenvalue weighted by atomic mass is 35.5. The molecule has 0 aromatic heterocycles. The predicted molar refractivity (Wildman–Crippen MR) is 188 cm³/mol. The molecule has 2 aromatic rings. The molecule has 0 fully saturated rings. The lowest BCUT2D eigenvalue weighted by Gasteiger charge is -2.32. The van der Waals surface area contributed by atoms with Crippen molar-refractivity contribution in [1.29, 1.82) is 0 Å². The second-order valence-corrected chi connectivity index (χ2v) is 13.2. The maximum absolute atomic E-state index is 13.7. The van der Waals surface area contributed by atoms with Gasteiger partial charge in [-0.15, -0.1) is 6.58 Å². The predicted octanol–water partition coefficient (Wildman–Crippen LogP) is 3.20. The third-order valence-electron chi connectivity index (χ3n) is 8.48. The molecule has 272 valence electrons. The number of ether oxygens (including phenoxy) is 3. The summed E-state index contributed by atoms with van der Waals surface area (Å²) in [5.41, 5.74) is -0.0798. The van der Waals surface area contributed by atoms with Crippen molar-refractivity contribution in [2.75, 3.05) is 26.9 Å². The van der Waals surface area contributed by atoms with Gasteiger partial charge in [-0.3, -0.25) is 14.4 Å². The molecule has 0 radical (unpaired) electrons. The maximum atomic E-state index is 13.7. The second-order valence-electron chi connectivity index (χ2n) is 12.8. The fraction of sp³-hybridized carbons (Fsp3) is 0.459. The Labute approximate surface area is 298 Å². The van der Waals surface area contributed by atoms with Gasteiger partial charge in [-0.2, -0.15) is 0 Å². The molecule has 2 aromatic carbocycles. The Morgan fingerprint density at radius 1 is 1.08 bits per heavy atom. The molecule has 13 heteroatoms. The molecule has 0 aliphatic carbocycles. The van der Waals surface area contributed by atoms with Crippen LogP contribution in [0.25, 0.3) is 0 Å². The number of halogens is 1. The number of aliphatic hydroxyl groups is 2. The van der Waals surface area contributed by atoms with Crippen LogP contribution in [0.1, 0.15) is 50.8 Å². The Bertz CT molecular complexity index is 1500. The SMILES string of the molecule is C=CCOCC[C@@H]1NC(=O)C(C)(C)CNC(=O)[C@@H](Cc2ccc(OC)c(Cl)c2)NC(=O)/C=C/C[C@@H]([C@H](C)[C@@H](O)[C@H](O)c2ccccc2)OC1=O. The number of carbonyl (C=O) groups is 4.